The lowest BCUT2D eigenvalue weighted by atomic mass is 10.2. The first kappa shape index (κ1) is 10.8. The lowest BCUT2D eigenvalue weighted by Gasteiger charge is -2.03. The van der Waals surface area contributed by atoms with Crippen molar-refractivity contribution >= 4 is 16.3 Å². The smallest absolute Gasteiger partial charge is 0.193 e. The molecule has 5 heteroatoms. The van der Waals surface area contributed by atoms with E-state index in [9.17, 15) is 0 Å². The Kier molecular flexibility index (Phi) is 2.71. The van der Waals surface area contributed by atoms with Crippen molar-refractivity contribution in [2.24, 2.45) is 0 Å². The van der Waals surface area contributed by atoms with E-state index >= 15 is 0 Å². The quantitative estimate of drug-likeness (QED) is 0.723. The predicted octanol–water partition coefficient (Wildman–Crippen LogP) is 2.85. The number of thiazole rings is 1. The van der Waals surface area contributed by atoms with Crippen LogP contribution in [0, 0.1) is 11.3 Å². The molecule has 0 radical (unpaired) electrons. The van der Waals surface area contributed by atoms with Gasteiger partial charge in [-0.3, -0.25) is 4.40 Å². The molecule has 0 amide bonds. The van der Waals surface area contributed by atoms with E-state index in [-0.39, 0.29) is 0 Å². The molecule has 0 aliphatic rings. The Bertz CT molecular complexity index is 694. The highest BCUT2D eigenvalue weighted by molar-refractivity contribution is 7.15. The van der Waals surface area contributed by atoms with Gasteiger partial charge in [0.1, 0.15) is 12.4 Å². The molecule has 0 saturated carbocycles. The Morgan fingerprint density at radius 2 is 2.39 bits per heavy atom. The number of imidazole rings is 1. The van der Waals surface area contributed by atoms with Gasteiger partial charge in [-0.05, 0) is 18.2 Å². The largest absolute Gasteiger partial charge is 0.487 e. The molecule has 0 N–H and O–H groups in total. The Hall–Kier alpha value is -2.32. The van der Waals surface area contributed by atoms with Crippen LogP contribution in [0.25, 0.3) is 4.96 Å². The first-order valence-electron chi connectivity index (χ1n) is 5.39. The molecule has 0 atom stereocenters. The summed E-state index contributed by atoms with van der Waals surface area (Å²) in [4.78, 5) is 5.38. The molecule has 0 aliphatic heterocycles. The zero-order chi connectivity index (χ0) is 12.4. The van der Waals surface area contributed by atoms with Crippen molar-refractivity contribution in [1.29, 1.82) is 5.26 Å². The van der Waals surface area contributed by atoms with Crippen LogP contribution in [-0.4, -0.2) is 9.38 Å². The van der Waals surface area contributed by atoms with E-state index in [0.717, 1.165) is 10.7 Å². The van der Waals surface area contributed by atoms with E-state index in [1.165, 1.54) is 0 Å². The van der Waals surface area contributed by atoms with Gasteiger partial charge in [0.05, 0.1) is 17.3 Å². The number of hydrogen-bond acceptors (Lipinski definition) is 4. The van der Waals surface area contributed by atoms with Crippen molar-refractivity contribution in [1.82, 2.24) is 9.38 Å². The van der Waals surface area contributed by atoms with Crippen molar-refractivity contribution in [3.8, 4) is 11.8 Å². The Balaban J connectivity index is 1.74. The number of fused-ring (bicyclic) bond motifs is 1. The lowest BCUT2D eigenvalue weighted by molar-refractivity contribution is 0.302. The molecule has 0 bridgehead atoms. The molecule has 4 nitrogen and oxygen atoms in total. The second-order valence-corrected chi connectivity index (χ2v) is 4.63. The highest BCUT2D eigenvalue weighted by Crippen LogP contribution is 2.16. The van der Waals surface area contributed by atoms with Crippen molar-refractivity contribution in [3.63, 3.8) is 0 Å². The summed E-state index contributed by atoms with van der Waals surface area (Å²) in [7, 11) is 0. The van der Waals surface area contributed by atoms with Crippen LogP contribution >= 0.6 is 11.3 Å². The Morgan fingerprint density at radius 3 is 3.22 bits per heavy atom. The van der Waals surface area contributed by atoms with E-state index in [1.807, 2.05) is 28.2 Å². The van der Waals surface area contributed by atoms with Crippen molar-refractivity contribution < 1.29 is 4.74 Å². The lowest BCUT2D eigenvalue weighted by Crippen LogP contribution is -1.95. The molecule has 0 saturated heterocycles. The van der Waals surface area contributed by atoms with Gasteiger partial charge in [0.2, 0.25) is 0 Å². The standard InChI is InChI=1S/C13H9N3OS/c14-7-10-2-1-3-12(6-10)17-9-11-8-16-4-5-18-13(16)15-11/h1-6,8H,9H2. The monoisotopic (exact) mass is 255 g/mol. The van der Waals surface area contributed by atoms with Crippen molar-refractivity contribution in [3.05, 3.63) is 53.3 Å². The zero-order valence-corrected chi connectivity index (χ0v) is 10.2. The third-order valence-electron chi connectivity index (χ3n) is 2.49. The maximum absolute atomic E-state index is 8.79. The minimum atomic E-state index is 0.406. The van der Waals surface area contributed by atoms with Crippen LogP contribution in [0.5, 0.6) is 5.75 Å². The predicted molar refractivity (Wildman–Crippen MR) is 68.6 cm³/mol. The topological polar surface area (TPSA) is 50.3 Å². The number of rotatable bonds is 3. The van der Waals surface area contributed by atoms with Crippen LogP contribution in [-0.2, 0) is 6.61 Å². The average Bonchev–Trinajstić information content (AvgIpc) is 2.97. The van der Waals surface area contributed by atoms with Gasteiger partial charge in [0.25, 0.3) is 0 Å². The summed E-state index contributed by atoms with van der Waals surface area (Å²) in [5.41, 5.74) is 1.47. The van der Waals surface area contributed by atoms with Crippen LogP contribution in [0.15, 0.2) is 42.0 Å². The molecule has 88 valence electrons. The second-order valence-electron chi connectivity index (χ2n) is 3.75. The summed E-state index contributed by atoms with van der Waals surface area (Å²) in [5, 5.41) is 10.8. The fourth-order valence-corrected chi connectivity index (χ4v) is 2.38. The minimum absolute atomic E-state index is 0.406. The summed E-state index contributed by atoms with van der Waals surface area (Å²) in [6.45, 7) is 0.406. The molecule has 0 spiro atoms. The molecule has 0 fully saturated rings. The maximum Gasteiger partial charge on any atom is 0.193 e. The average molecular weight is 255 g/mol. The third kappa shape index (κ3) is 2.06. The number of aromatic nitrogens is 2. The Morgan fingerprint density at radius 1 is 1.44 bits per heavy atom. The number of nitriles is 1. The fourth-order valence-electron chi connectivity index (χ4n) is 1.66. The second kappa shape index (κ2) is 4.51. The van der Waals surface area contributed by atoms with Gasteiger partial charge < -0.3 is 4.74 Å². The van der Waals surface area contributed by atoms with Gasteiger partial charge in [-0.1, -0.05) is 6.07 Å². The number of ether oxygens (including phenoxy) is 1. The van der Waals surface area contributed by atoms with Crippen LogP contribution in [0.3, 0.4) is 0 Å². The molecular weight excluding hydrogens is 246 g/mol. The van der Waals surface area contributed by atoms with Crippen molar-refractivity contribution in [2.75, 3.05) is 0 Å². The fraction of sp³-hybridized carbons (Fsp3) is 0.0769. The summed E-state index contributed by atoms with van der Waals surface area (Å²) < 4.78 is 7.58. The van der Waals surface area contributed by atoms with Crippen LogP contribution in [0.1, 0.15) is 11.3 Å². The van der Waals surface area contributed by atoms with E-state index < -0.39 is 0 Å². The minimum Gasteiger partial charge on any atom is -0.487 e. The first-order valence-corrected chi connectivity index (χ1v) is 6.27. The number of hydrogen-bond donors (Lipinski definition) is 0. The third-order valence-corrected chi connectivity index (χ3v) is 3.26. The summed E-state index contributed by atoms with van der Waals surface area (Å²) in [6, 6.07) is 9.19. The highest BCUT2D eigenvalue weighted by Gasteiger charge is 2.03. The number of benzene rings is 1. The van der Waals surface area contributed by atoms with Crippen molar-refractivity contribution in [2.45, 2.75) is 6.61 Å². The van der Waals surface area contributed by atoms with Gasteiger partial charge in [0.15, 0.2) is 4.96 Å². The SMILES string of the molecule is N#Cc1cccc(OCc2cn3ccsc3n2)c1. The van der Waals surface area contributed by atoms with E-state index in [0.29, 0.717) is 17.9 Å². The molecule has 0 aliphatic carbocycles. The molecule has 2 aromatic heterocycles. The molecular formula is C13H9N3OS. The number of nitrogens with zero attached hydrogens (tertiary/aromatic N) is 3. The highest BCUT2D eigenvalue weighted by atomic mass is 32.1. The summed E-state index contributed by atoms with van der Waals surface area (Å²) >= 11 is 1.59. The molecule has 1 aromatic carbocycles. The molecule has 3 rings (SSSR count). The van der Waals surface area contributed by atoms with Gasteiger partial charge in [0, 0.05) is 17.8 Å². The van der Waals surface area contributed by atoms with E-state index in [4.69, 9.17) is 10.00 Å². The molecule has 3 aromatic rings. The van der Waals surface area contributed by atoms with Crippen LogP contribution in [0.2, 0.25) is 0 Å². The molecule has 18 heavy (non-hydrogen) atoms. The van der Waals surface area contributed by atoms with E-state index in [1.54, 1.807) is 29.5 Å². The summed E-state index contributed by atoms with van der Waals surface area (Å²) in [5.74, 6) is 0.686. The summed E-state index contributed by atoms with van der Waals surface area (Å²) in [6.07, 6.45) is 3.91. The van der Waals surface area contributed by atoms with Gasteiger partial charge >= 0.3 is 0 Å². The van der Waals surface area contributed by atoms with Crippen LogP contribution < -0.4 is 4.74 Å². The first-order chi connectivity index (χ1) is 8.85. The molecule has 0 unspecified atom stereocenters. The normalized spacial score (nSPS) is 10.4. The Labute approximate surface area is 108 Å². The molecule has 2 heterocycles. The van der Waals surface area contributed by atoms with Gasteiger partial charge in [-0.25, -0.2) is 4.98 Å². The van der Waals surface area contributed by atoms with Crippen LogP contribution in [0.4, 0.5) is 0 Å². The zero-order valence-electron chi connectivity index (χ0n) is 9.41. The maximum atomic E-state index is 8.79. The van der Waals surface area contributed by atoms with E-state index in [2.05, 4.69) is 11.1 Å². The van der Waals surface area contributed by atoms with Gasteiger partial charge in [-0.2, -0.15) is 5.26 Å². The van der Waals surface area contributed by atoms with Gasteiger partial charge in [-0.15, -0.1) is 11.3 Å².